The van der Waals surface area contributed by atoms with Crippen molar-refractivity contribution in [2.45, 2.75) is 44.9 Å². The lowest BCUT2D eigenvalue weighted by atomic mass is 9.49. The zero-order valence-corrected chi connectivity index (χ0v) is 35.7. The molecule has 9 aromatic rings. The van der Waals surface area contributed by atoms with Gasteiger partial charge >= 0.3 is 0 Å². The maximum absolute atomic E-state index is 2.58. The highest BCUT2D eigenvalue weighted by molar-refractivity contribution is 7.25. The fourth-order valence-electron chi connectivity index (χ4n) is 12.5. The van der Waals surface area contributed by atoms with E-state index < -0.39 is 0 Å². The minimum Gasteiger partial charge on any atom is -0.310 e. The van der Waals surface area contributed by atoms with Crippen molar-refractivity contribution in [2.75, 3.05) is 4.90 Å². The standard InChI is InChI=1S/C59H49NS/c1-38-34-40-36-39(2)59(44(35-38)37-40)52-21-10-8-18-50(52)58-53(59)22-13-23-54(58)60(45-30-26-42(27-31-45)41-14-4-3-5-15-41)46-32-28-43(29-33-46)47-16-6-7-17-48(47)49-20-12-25-56-57(49)51-19-9-11-24-55(51)61-56/h3-33,38-40,44H,34-37H2,1-2H3/t38-,39+,40-,44-,59?/m0/s1. The maximum Gasteiger partial charge on any atom is 0.0543 e. The molecule has 1 heterocycles. The summed E-state index contributed by atoms with van der Waals surface area (Å²) in [5, 5.41) is 2.68. The molecule has 8 aromatic carbocycles. The predicted octanol–water partition coefficient (Wildman–Crippen LogP) is 16.9. The van der Waals surface area contributed by atoms with Crippen molar-refractivity contribution >= 4 is 48.6 Å². The number of rotatable bonds is 6. The van der Waals surface area contributed by atoms with Gasteiger partial charge in [0.1, 0.15) is 0 Å². The van der Waals surface area contributed by atoms with Crippen LogP contribution in [0.5, 0.6) is 0 Å². The average molecular weight is 804 g/mol. The van der Waals surface area contributed by atoms with E-state index in [1.54, 1.807) is 11.1 Å². The SMILES string of the molecule is C[C@H]1C[C@@H]2C[C@H](C1)C1(c3ccccc3-c3c(N(c4ccc(-c5ccccc5)cc4)c4ccc(-c5ccccc5-c5cccc6sc7ccccc7c56)cc4)cccc31)[C@H](C)C2. The molecule has 12 rings (SSSR count). The lowest BCUT2D eigenvalue weighted by Gasteiger charge is -2.54. The Morgan fingerprint density at radius 3 is 1.87 bits per heavy atom. The van der Waals surface area contributed by atoms with Gasteiger partial charge in [-0.3, -0.25) is 0 Å². The largest absolute Gasteiger partial charge is 0.310 e. The fraction of sp³-hybridized carbons (Fsp3) is 0.186. The lowest BCUT2D eigenvalue weighted by molar-refractivity contribution is 0.0426. The van der Waals surface area contributed by atoms with E-state index in [4.69, 9.17) is 0 Å². The van der Waals surface area contributed by atoms with Crippen LogP contribution in [0.15, 0.2) is 188 Å². The first kappa shape index (κ1) is 36.6. The van der Waals surface area contributed by atoms with E-state index in [9.17, 15) is 0 Å². The number of benzene rings is 8. The first-order valence-electron chi connectivity index (χ1n) is 22.4. The van der Waals surface area contributed by atoms with Crippen molar-refractivity contribution in [2.24, 2.45) is 23.7 Å². The van der Waals surface area contributed by atoms with E-state index in [0.717, 1.165) is 17.5 Å². The molecule has 2 heteroatoms. The predicted molar refractivity (Wildman–Crippen MR) is 260 cm³/mol. The summed E-state index contributed by atoms with van der Waals surface area (Å²) < 4.78 is 2.66. The zero-order valence-electron chi connectivity index (χ0n) is 34.9. The Kier molecular flexibility index (Phi) is 8.68. The van der Waals surface area contributed by atoms with Crippen LogP contribution in [0.25, 0.3) is 64.7 Å². The quantitative estimate of drug-likeness (QED) is 0.162. The Hall–Kier alpha value is -6.22. The van der Waals surface area contributed by atoms with Crippen LogP contribution in [-0.4, -0.2) is 0 Å². The van der Waals surface area contributed by atoms with Gasteiger partial charge in [0.25, 0.3) is 0 Å². The van der Waals surface area contributed by atoms with Crippen LogP contribution in [0, 0.1) is 23.7 Å². The third kappa shape index (κ3) is 5.72. The minimum atomic E-state index is 0.0279. The van der Waals surface area contributed by atoms with Crippen molar-refractivity contribution in [3.8, 4) is 44.5 Å². The average Bonchev–Trinajstić information content (AvgIpc) is 3.84. The molecule has 0 aliphatic heterocycles. The van der Waals surface area contributed by atoms with E-state index in [0.29, 0.717) is 11.8 Å². The molecule has 0 radical (unpaired) electrons. The van der Waals surface area contributed by atoms with Gasteiger partial charge in [0.05, 0.1) is 5.69 Å². The number of thiophene rings is 1. The molecule has 2 fully saturated rings. The van der Waals surface area contributed by atoms with Gasteiger partial charge in [-0.1, -0.05) is 159 Å². The lowest BCUT2D eigenvalue weighted by Crippen LogP contribution is -2.49. The Balaban J connectivity index is 1.02. The molecular formula is C59H49NS. The van der Waals surface area contributed by atoms with Gasteiger partial charge in [0, 0.05) is 42.5 Å². The summed E-state index contributed by atoms with van der Waals surface area (Å²) in [6.45, 7) is 5.08. The van der Waals surface area contributed by atoms with Crippen LogP contribution < -0.4 is 4.90 Å². The maximum atomic E-state index is 2.58. The highest BCUT2D eigenvalue weighted by atomic mass is 32.1. The number of hydrogen-bond acceptors (Lipinski definition) is 2. The number of fused-ring (bicyclic) bond motifs is 11. The first-order valence-corrected chi connectivity index (χ1v) is 23.2. The topological polar surface area (TPSA) is 3.24 Å². The molecule has 2 saturated carbocycles. The number of nitrogens with zero attached hydrogens (tertiary/aromatic N) is 1. The van der Waals surface area contributed by atoms with Crippen molar-refractivity contribution < 1.29 is 0 Å². The summed E-state index contributed by atoms with van der Waals surface area (Å²) in [5.74, 6) is 2.85. The second kappa shape index (κ2) is 14.5. The summed E-state index contributed by atoms with van der Waals surface area (Å²) >= 11 is 1.88. The zero-order chi connectivity index (χ0) is 40.7. The molecule has 1 aromatic heterocycles. The van der Waals surface area contributed by atoms with Crippen LogP contribution in [-0.2, 0) is 5.41 Å². The van der Waals surface area contributed by atoms with Crippen molar-refractivity contribution in [1.29, 1.82) is 0 Å². The highest BCUT2D eigenvalue weighted by Crippen LogP contribution is 2.66. The van der Waals surface area contributed by atoms with Crippen LogP contribution in [0.4, 0.5) is 17.1 Å². The number of anilines is 3. The Morgan fingerprint density at radius 1 is 0.459 bits per heavy atom. The molecule has 5 atom stereocenters. The Bertz CT molecular complexity index is 3080. The third-order valence-corrected chi connectivity index (χ3v) is 15.9. The minimum absolute atomic E-state index is 0.0279. The van der Waals surface area contributed by atoms with Gasteiger partial charge in [-0.2, -0.15) is 0 Å². The molecule has 0 amide bonds. The molecule has 3 aliphatic rings. The second-order valence-corrected chi connectivity index (χ2v) is 19.3. The molecule has 0 saturated heterocycles. The van der Waals surface area contributed by atoms with Crippen LogP contribution in [0.2, 0.25) is 0 Å². The molecular weight excluding hydrogens is 755 g/mol. The van der Waals surface area contributed by atoms with E-state index >= 15 is 0 Å². The summed E-state index contributed by atoms with van der Waals surface area (Å²) in [5.41, 5.74) is 17.0. The fourth-order valence-corrected chi connectivity index (χ4v) is 13.7. The normalized spacial score (nSPS) is 21.4. The molecule has 2 bridgehead atoms. The molecule has 61 heavy (non-hydrogen) atoms. The molecule has 1 unspecified atom stereocenters. The van der Waals surface area contributed by atoms with Crippen molar-refractivity contribution in [1.82, 2.24) is 0 Å². The molecule has 1 spiro atoms. The monoisotopic (exact) mass is 803 g/mol. The summed E-state index contributed by atoms with van der Waals surface area (Å²) in [4.78, 5) is 2.54. The Morgan fingerprint density at radius 2 is 1.07 bits per heavy atom. The van der Waals surface area contributed by atoms with Crippen LogP contribution in [0.3, 0.4) is 0 Å². The van der Waals surface area contributed by atoms with E-state index in [1.165, 1.54) is 102 Å². The number of hydrogen-bond donors (Lipinski definition) is 0. The van der Waals surface area contributed by atoms with Gasteiger partial charge in [-0.25, -0.2) is 0 Å². The molecule has 296 valence electrons. The smallest absolute Gasteiger partial charge is 0.0543 e. The first-order chi connectivity index (χ1) is 30.1. The second-order valence-electron chi connectivity index (χ2n) is 18.2. The highest BCUT2D eigenvalue weighted by Gasteiger charge is 2.57. The summed E-state index contributed by atoms with van der Waals surface area (Å²) in [6, 6.07) is 70.7. The van der Waals surface area contributed by atoms with E-state index in [-0.39, 0.29) is 5.41 Å². The molecule has 0 N–H and O–H groups in total. The molecule has 1 nitrogen and oxygen atoms in total. The third-order valence-electron chi connectivity index (χ3n) is 14.8. The van der Waals surface area contributed by atoms with Gasteiger partial charge in [-0.05, 0) is 142 Å². The van der Waals surface area contributed by atoms with Crippen LogP contribution >= 0.6 is 11.3 Å². The Labute approximate surface area is 364 Å². The van der Waals surface area contributed by atoms with E-state index in [2.05, 4.69) is 207 Å². The van der Waals surface area contributed by atoms with Crippen molar-refractivity contribution in [3.63, 3.8) is 0 Å². The molecule has 3 aliphatic carbocycles. The van der Waals surface area contributed by atoms with E-state index in [1.807, 2.05) is 11.3 Å². The summed E-state index contributed by atoms with van der Waals surface area (Å²) in [7, 11) is 0. The summed E-state index contributed by atoms with van der Waals surface area (Å²) in [6.07, 6.45) is 5.35. The van der Waals surface area contributed by atoms with Gasteiger partial charge in [-0.15, -0.1) is 11.3 Å². The van der Waals surface area contributed by atoms with Gasteiger partial charge in [0.15, 0.2) is 0 Å². The van der Waals surface area contributed by atoms with Gasteiger partial charge < -0.3 is 4.90 Å². The van der Waals surface area contributed by atoms with Gasteiger partial charge in [0.2, 0.25) is 0 Å². The van der Waals surface area contributed by atoms with Crippen LogP contribution in [0.1, 0.15) is 50.7 Å². The van der Waals surface area contributed by atoms with Crippen molar-refractivity contribution in [3.05, 3.63) is 199 Å².